The van der Waals surface area contributed by atoms with Crippen LogP contribution in [0.3, 0.4) is 0 Å². The van der Waals surface area contributed by atoms with Crippen LogP contribution in [0.5, 0.6) is 0 Å². The molecule has 5 nitrogen and oxygen atoms in total. The summed E-state index contributed by atoms with van der Waals surface area (Å²) in [5, 5.41) is 0. The first kappa shape index (κ1) is 18.2. The van der Waals surface area contributed by atoms with Gasteiger partial charge in [-0.15, -0.1) is 0 Å². The van der Waals surface area contributed by atoms with Crippen LogP contribution in [0.15, 0.2) is 54.6 Å². The summed E-state index contributed by atoms with van der Waals surface area (Å²) in [6.07, 6.45) is 0.719. The second kappa shape index (κ2) is 7.44. The Morgan fingerprint density at radius 3 is 2.07 bits per heavy atom. The molecule has 2 heterocycles. The van der Waals surface area contributed by atoms with Gasteiger partial charge in [-0.1, -0.05) is 42.5 Å². The monoisotopic (exact) mass is 384 g/mol. The first-order valence-corrected chi connectivity index (χ1v) is 11.2. The second-order valence-corrected chi connectivity index (χ2v) is 9.56. The van der Waals surface area contributed by atoms with Crippen molar-refractivity contribution in [2.75, 3.05) is 37.7 Å². The van der Waals surface area contributed by atoms with Gasteiger partial charge in [-0.25, -0.2) is 8.42 Å². The lowest BCUT2D eigenvalue weighted by Crippen LogP contribution is -2.52. The molecule has 0 spiro atoms. The Morgan fingerprint density at radius 2 is 1.48 bits per heavy atom. The third-order valence-corrected chi connectivity index (χ3v) is 7.32. The lowest BCUT2D eigenvalue weighted by atomic mass is 10.0. The van der Waals surface area contributed by atoms with Crippen LogP contribution < -0.4 is 0 Å². The Bertz CT molecular complexity index is 902. The molecule has 2 aromatic carbocycles. The predicted octanol–water partition coefficient (Wildman–Crippen LogP) is 2.30. The van der Waals surface area contributed by atoms with E-state index in [0.717, 1.165) is 30.6 Å². The number of sulfone groups is 1. The van der Waals surface area contributed by atoms with E-state index in [2.05, 4.69) is 17.0 Å². The van der Waals surface area contributed by atoms with Crippen molar-refractivity contribution < 1.29 is 13.2 Å². The van der Waals surface area contributed by atoms with Gasteiger partial charge in [0.15, 0.2) is 9.84 Å². The van der Waals surface area contributed by atoms with E-state index in [1.807, 2.05) is 47.4 Å². The second-order valence-electron chi connectivity index (χ2n) is 7.33. The zero-order valence-electron chi connectivity index (χ0n) is 15.3. The van der Waals surface area contributed by atoms with Crippen LogP contribution in [-0.2, 0) is 9.84 Å². The summed E-state index contributed by atoms with van der Waals surface area (Å²) in [6, 6.07) is 18.0. The predicted molar refractivity (Wildman–Crippen MR) is 106 cm³/mol. The summed E-state index contributed by atoms with van der Waals surface area (Å²) < 4.78 is 23.4. The zero-order valence-corrected chi connectivity index (χ0v) is 16.1. The average Bonchev–Trinajstić information content (AvgIpc) is 3.08. The number of nitrogens with zero attached hydrogens (tertiary/aromatic N) is 2. The standard InChI is InChI=1S/C21H24N2O3S/c24-21(19-8-6-18(7-9-19)17-4-2-1-3-5-17)23-13-11-22(12-14-23)20-10-15-27(25,26)16-20/h1-9,20H,10-16H2/t20-/m1/s1. The third kappa shape index (κ3) is 4.06. The fraction of sp³-hybridized carbons (Fsp3) is 0.381. The number of carbonyl (C=O) groups is 1. The van der Waals surface area contributed by atoms with Gasteiger partial charge in [-0.2, -0.15) is 0 Å². The van der Waals surface area contributed by atoms with Crippen molar-refractivity contribution in [3.8, 4) is 11.1 Å². The van der Waals surface area contributed by atoms with Crippen LogP contribution in [-0.4, -0.2) is 67.9 Å². The van der Waals surface area contributed by atoms with Gasteiger partial charge in [-0.05, 0) is 29.7 Å². The van der Waals surface area contributed by atoms with Gasteiger partial charge in [0.2, 0.25) is 0 Å². The number of amides is 1. The molecule has 27 heavy (non-hydrogen) atoms. The van der Waals surface area contributed by atoms with Gasteiger partial charge >= 0.3 is 0 Å². The van der Waals surface area contributed by atoms with E-state index >= 15 is 0 Å². The summed E-state index contributed by atoms with van der Waals surface area (Å²) in [7, 11) is -2.87. The summed E-state index contributed by atoms with van der Waals surface area (Å²) in [4.78, 5) is 16.9. The molecule has 0 radical (unpaired) electrons. The van der Waals surface area contributed by atoms with Gasteiger partial charge in [0, 0.05) is 37.8 Å². The minimum Gasteiger partial charge on any atom is -0.336 e. The van der Waals surface area contributed by atoms with Gasteiger partial charge in [0.1, 0.15) is 0 Å². The van der Waals surface area contributed by atoms with Crippen LogP contribution in [0.1, 0.15) is 16.8 Å². The molecule has 4 rings (SSSR count). The molecule has 6 heteroatoms. The number of carbonyl (C=O) groups excluding carboxylic acids is 1. The summed E-state index contributed by atoms with van der Waals surface area (Å²) in [6.45, 7) is 2.79. The first-order valence-electron chi connectivity index (χ1n) is 9.41. The highest BCUT2D eigenvalue weighted by Gasteiger charge is 2.34. The van der Waals surface area contributed by atoms with Crippen molar-refractivity contribution in [1.82, 2.24) is 9.80 Å². The number of piperazine rings is 1. The highest BCUT2D eigenvalue weighted by molar-refractivity contribution is 7.91. The van der Waals surface area contributed by atoms with E-state index in [9.17, 15) is 13.2 Å². The van der Waals surface area contributed by atoms with Gasteiger partial charge in [-0.3, -0.25) is 9.69 Å². The van der Waals surface area contributed by atoms with Crippen LogP contribution in [0.4, 0.5) is 0 Å². The number of hydrogen-bond donors (Lipinski definition) is 0. The lowest BCUT2D eigenvalue weighted by molar-refractivity contribution is 0.0588. The Balaban J connectivity index is 1.37. The van der Waals surface area contributed by atoms with Gasteiger partial charge in [0.25, 0.3) is 5.91 Å². The molecule has 0 saturated carbocycles. The Hall–Kier alpha value is -2.18. The minimum atomic E-state index is -2.87. The molecular weight excluding hydrogens is 360 g/mol. The van der Waals surface area contributed by atoms with Crippen molar-refractivity contribution >= 4 is 15.7 Å². The van der Waals surface area contributed by atoms with E-state index in [1.165, 1.54) is 0 Å². The van der Waals surface area contributed by atoms with E-state index in [4.69, 9.17) is 0 Å². The Morgan fingerprint density at radius 1 is 0.852 bits per heavy atom. The molecule has 2 aliphatic heterocycles. The molecule has 0 N–H and O–H groups in total. The Kier molecular flexibility index (Phi) is 5.02. The topological polar surface area (TPSA) is 57.7 Å². The van der Waals surface area contributed by atoms with Crippen molar-refractivity contribution in [1.29, 1.82) is 0 Å². The maximum atomic E-state index is 12.8. The van der Waals surface area contributed by atoms with E-state index in [1.54, 1.807) is 0 Å². The number of hydrogen-bond acceptors (Lipinski definition) is 4. The zero-order chi connectivity index (χ0) is 18.9. The van der Waals surface area contributed by atoms with Gasteiger partial charge in [0.05, 0.1) is 11.5 Å². The van der Waals surface area contributed by atoms with Crippen LogP contribution in [0.2, 0.25) is 0 Å². The molecule has 0 unspecified atom stereocenters. The lowest BCUT2D eigenvalue weighted by Gasteiger charge is -2.37. The molecule has 0 bridgehead atoms. The normalized spacial score (nSPS) is 22.7. The summed E-state index contributed by atoms with van der Waals surface area (Å²) in [5.74, 6) is 0.611. The van der Waals surface area contributed by atoms with Crippen molar-refractivity contribution in [2.45, 2.75) is 12.5 Å². The van der Waals surface area contributed by atoms with Crippen LogP contribution in [0.25, 0.3) is 11.1 Å². The molecule has 1 atom stereocenters. The highest BCUT2D eigenvalue weighted by Crippen LogP contribution is 2.22. The fourth-order valence-electron chi connectivity index (χ4n) is 3.97. The smallest absolute Gasteiger partial charge is 0.253 e. The molecule has 142 valence electrons. The number of rotatable bonds is 3. The molecule has 0 aliphatic carbocycles. The van der Waals surface area contributed by atoms with Crippen LogP contribution >= 0.6 is 0 Å². The molecule has 1 amide bonds. The average molecular weight is 385 g/mol. The summed E-state index contributed by atoms with van der Waals surface area (Å²) >= 11 is 0. The molecule has 0 aromatic heterocycles. The van der Waals surface area contributed by atoms with Crippen LogP contribution in [0, 0.1) is 0 Å². The molecule has 2 aliphatic rings. The summed E-state index contributed by atoms with van der Waals surface area (Å²) in [5.41, 5.74) is 2.93. The largest absolute Gasteiger partial charge is 0.336 e. The van der Waals surface area contributed by atoms with Crippen molar-refractivity contribution in [3.63, 3.8) is 0 Å². The van der Waals surface area contributed by atoms with E-state index < -0.39 is 9.84 Å². The Labute approximate surface area is 160 Å². The van der Waals surface area contributed by atoms with Crippen molar-refractivity contribution in [2.24, 2.45) is 0 Å². The van der Waals surface area contributed by atoms with Crippen molar-refractivity contribution in [3.05, 3.63) is 60.2 Å². The molecule has 2 aromatic rings. The third-order valence-electron chi connectivity index (χ3n) is 5.57. The highest BCUT2D eigenvalue weighted by atomic mass is 32.2. The maximum absolute atomic E-state index is 12.8. The van der Waals surface area contributed by atoms with E-state index in [-0.39, 0.29) is 17.7 Å². The minimum absolute atomic E-state index is 0.0494. The SMILES string of the molecule is O=C(c1ccc(-c2ccccc2)cc1)N1CCN([C@@H]2CCS(=O)(=O)C2)CC1. The van der Waals surface area contributed by atoms with Gasteiger partial charge < -0.3 is 4.90 Å². The molecular formula is C21H24N2O3S. The first-order chi connectivity index (χ1) is 13.0. The number of benzene rings is 2. The fourth-order valence-corrected chi connectivity index (χ4v) is 5.73. The molecule has 2 fully saturated rings. The molecule has 2 saturated heterocycles. The quantitative estimate of drug-likeness (QED) is 0.815. The van der Waals surface area contributed by atoms with E-state index in [0.29, 0.717) is 24.4 Å². The maximum Gasteiger partial charge on any atom is 0.253 e.